The predicted molar refractivity (Wildman–Crippen MR) is 80.6 cm³/mol. The summed E-state index contributed by atoms with van der Waals surface area (Å²) in [4.78, 5) is 14.1. The Morgan fingerprint density at radius 1 is 1.20 bits per heavy atom. The first-order valence-electron chi connectivity index (χ1n) is 8.38. The minimum atomic E-state index is -0.673. The Hall–Kier alpha value is -0.770. The Labute approximate surface area is 122 Å². The van der Waals surface area contributed by atoms with Crippen molar-refractivity contribution in [3.63, 3.8) is 0 Å². The van der Waals surface area contributed by atoms with Gasteiger partial charge in [0.2, 0.25) is 0 Å². The second-order valence-corrected chi connectivity index (χ2v) is 6.64. The fourth-order valence-corrected chi connectivity index (χ4v) is 3.43. The molecule has 2 N–H and O–H groups in total. The van der Waals surface area contributed by atoms with Gasteiger partial charge in [-0.15, -0.1) is 0 Å². The summed E-state index contributed by atoms with van der Waals surface area (Å²) in [6.45, 7) is 4.36. The van der Waals surface area contributed by atoms with Crippen LogP contribution < -0.4 is 5.32 Å². The van der Waals surface area contributed by atoms with E-state index in [2.05, 4.69) is 12.2 Å². The molecule has 1 aliphatic carbocycles. The number of carbonyl (C=O) groups is 1. The number of rotatable bonds is 3. The second-order valence-electron chi connectivity index (χ2n) is 6.64. The number of hydrogen-bond donors (Lipinski definition) is 2. The van der Waals surface area contributed by atoms with Crippen LogP contribution in [0.5, 0.6) is 0 Å². The fourth-order valence-electron chi connectivity index (χ4n) is 3.43. The van der Waals surface area contributed by atoms with Crippen LogP contribution >= 0.6 is 0 Å². The van der Waals surface area contributed by atoms with Gasteiger partial charge in [-0.1, -0.05) is 26.2 Å². The van der Waals surface area contributed by atoms with Crippen LogP contribution in [0.25, 0.3) is 0 Å². The van der Waals surface area contributed by atoms with Crippen LogP contribution in [0.15, 0.2) is 0 Å². The van der Waals surface area contributed by atoms with E-state index < -0.39 is 5.60 Å². The lowest BCUT2D eigenvalue weighted by Gasteiger charge is -2.36. The minimum absolute atomic E-state index is 0.0120. The lowest BCUT2D eigenvalue weighted by molar-refractivity contribution is -0.00724. The lowest BCUT2D eigenvalue weighted by atomic mass is 9.78. The molecule has 0 aromatic heterocycles. The molecule has 116 valence electrons. The first-order valence-corrected chi connectivity index (χ1v) is 8.38. The Bertz CT molecular complexity index is 304. The molecule has 2 amide bonds. The summed E-state index contributed by atoms with van der Waals surface area (Å²) in [6, 6.07) is 0.0120. The van der Waals surface area contributed by atoms with Crippen molar-refractivity contribution < 1.29 is 9.90 Å². The molecule has 1 heterocycles. The predicted octanol–water partition coefficient (Wildman–Crippen LogP) is 2.90. The van der Waals surface area contributed by atoms with Gasteiger partial charge < -0.3 is 15.3 Å². The summed E-state index contributed by atoms with van der Waals surface area (Å²) in [5.41, 5.74) is -0.673. The maximum absolute atomic E-state index is 12.2. The molecule has 0 atom stereocenters. The van der Waals surface area contributed by atoms with Crippen molar-refractivity contribution in [2.75, 3.05) is 19.6 Å². The molecule has 0 spiro atoms. The highest BCUT2D eigenvalue weighted by atomic mass is 16.3. The SMILES string of the molecule is CCC1CCC(O)(CNC(=O)N2CCCCCC2)CC1. The monoisotopic (exact) mass is 282 g/mol. The van der Waals surface area contributed by atoms with Crippen molar-refractivity contribution in [2.45, 2.75) is 70.3 Å². The lowest BCUT2D eigenvalue weighted by Crippen LogP contribution is -2.49. The minimum Gasteiger partial charge on any atom is -0.388 e. The van der Waals surface area contributed by atoms with E-state index >= 15 is 0 Å². The van der Waals surface area contributed by atoms with E-state index in [1.807, 2.05) is 4.90 Å². The molecule has 4 nitrogen and oxygen atoms in total. The second kappa shape index (κ2) is 7.30. The van der Waals surface area contributed by atoms with Gasteiger partial charge in [0.1, 0.15) is 0 Å². The number of nitrogens with zero attached hydrogens (tertiary/aromatic N) is 1. The van der Waals surface area contributed by atoms with E-state index in [1.54, 1.807) is 0 Å². The van der Waals surface area contributed by atoms with Crippen LogP contribution in [0.2, 0.25) is 0 Å². The van der Waals surface area contributed by atoms with Gasteiger partial charge in [-0.2, -0.15) is 0 Å². The van der Waals surface area contributed by atoms with Crippen LogP contribution in [0.4, 0.5) is 4.79 Å². The zero-order chi connectivity index (χ0) is 14.4. The number of likely N-dealkylation sites (tertiary alicyclic amines) is 1. The highest BCUT2D eigenvalue weighted by Gasteiger charge is 2.33. The zero-order valence-corrected chi connectivity index (χ0v) is 12.9. The van der Waals surface area contributed by atoms with E-state index in [0.717, 1.165) is 57.5 Å². The fraction of sp³-hybridized carbons (Fsp3) is 0.938. The molecule has 1 saturated heterocycles. The largest absolute Gasteiger partial charge is 0.388 e. The van der Waals surface area contributed by atoms with Crippen molar-refractivity contribution in [3.05, 3.63) is 0 Å². The Kier molecular flexibility index (Phi) is 5.70. The molecule has 0 aromatic carbocycles. The van der Waals surface area contributed by atoms with Crippen LogP contribution in [0.3, 0.4) is 0 Å². The molecule has 0 aromatic rings. The standard InChI is InChI=1S/C16H30N2O2/c1-2-14-7-9-16(20,10-8-14)13-17-15(19)18-11-5-3-4-6-12-18/h14,20H,2-13H2,1H3,(H,17,19). The van der Waals surface area contributed by atoms with Gasteiger partial charge in [-0.3, -0.25) is 0 Å². The van der Waals surface area contributed by atoms with Crippen molar-refractivity contribution in [1.82, 2.24) is 10.2 Å². The molecule has 1 aliphatic heterocycles. The Balaban J connectivity index is 1.74. The van der Waals surface area contributed by atoms with Gasteiger partial charge in [0.25, 0.3) is 0 Å². The van der Waals surface area contributed by atoms with Crippen LogP contribution in [0, 0.1) is 5.92 Å². The molecule has 0 bridgehead atoms. The first kappa shape index (κ1) is 15.6. The Morgan fingerprint density at radius 2 is 1.80 bits per heavy atom. The average molecular weight is 282 g/mol. The number of carbonyl (C=O) groups excluding carboxylic acids is 1. The molecule has 2 fully saturated rings. The average Bonchev–Trinajstić information content (AvgIpc) is 2.75. The van der Waals surface area contributed by atoms with E-state index in [9.17, 15) is 9.90 Å². The van der Waals surface area contributed by atoms with Gasteiger partial charge in [0.15, 0.2) is 0 Å². The molecular formula is C16H30N2O2. The van der Waals surface area contributed by atoms with Crippen LogP contribution in [-0.4, -0.2) is 41.3 Å². The van der Waals surface area contributed by atoms with E-state index in [-0.39, 0.29) is 6.03 Å². The normalized spacial score (nSPS) is 31.7. The van der Waals surface area contributed by atoms with E-state index in [1.165, 1.54) is 19.3 Å². The topological polar surface area (TPSA) is 52.6 Å². The van der Waals surface area contributed by atoms with Gasteiger partial charge >= 0.3 is 6.03 Å². The van der Waals surface area contributed by atoms with Crippen LogP contribution in [0.1, 0.15) is 64.7 Å². The summed E-state index contributed by atoms with van der Waals surface area (Å²) in [6.07, 6.45) is 9.71. The molecule has 0 radical (unpaired) electrons. The van der Waals surface area contributed by atoms with E-state index in [0.29, 0.717) is 6.54 Å². The smallest absolute Gasteiger partial charge is 0.317 e. The summed E-state index contributed by atoms with van der Waals surface area (Å²) in [7, 11) is 0. The summed E-state index contributed by atoms with van der Waals surface area (Å²) in [5.74, 6) is 0.761. The highest BCUT2D eigenvalue weighted by Crippen LogP contribution is 2.33. The van der Waals surface area contributed by atoms with Gasteiger partial charge in [0.05, 0.1) is 5.60 Å². The first-order chi connectivity index (χ1) is 9.63. The summed E-state index contributed by atoms with van der Waals surface area (Å²) >= 11 is 0. The zero-order valence-electron chi connectivity index (χ0n) is 12.9. The van der Waals surface area contributed by atoms with Crippen LogP contribution in [-0.2, 0) is 0 Å². The quantitative estimate of drug-likeness (QED) is 0.836. The Morgan fingerprint density at radius 3 is 2.35 bits per heavy atom. The number of urea groups is 1. The molecule has 2 aliphatic rings. The molecule has 20 heavy (non-hydrogen) atoms. The van der Waals surface area contributed by atoms with E-state index in [4.69, 9.17) is 0 Å². The maximum atomic E-state index is 12.2. The molecule has 0 unspecified atom stereocenters. The number of amides is 2. The summed E-state index contributed by atoms with van der Waals surface area (Å²) < 4.78 is 0. The molecule has 2 rings (SSSR count). The third-order valence-electron chi connectivity index (χ3n) is 5.08. The molecule has 1 saturated carbocycles. The van der Waals surface area contributed by atoms with Gasteiger partial charge in [-0.05, 0) is 44.4 Å². The maximum Gasteiger partial charge on any atom is 0.317 e. The third kappa shape index (κ3) is 4.37. The molecule has 4 heteroatoms. The summed E-state index contributed by atoms with van der Waals surface area (Å²) in [5, 5.41) is 13.5. The highest BCUT2D eigenvalue weighted by molar-refractivity contribution is 5.74. The number of aliphatic hydroxyl groups is 1. The van der Waals surface area contributed by atoms with Crippen molar-refractivity contribution in [2.24, 2.45) is 5.92 Å². The van der Waals surface area contributed by atoms with Crippen molar-refractivity contribution in [3.8, 4) is 0 Å². The third-order valence-corrected chi connectivity index (χ3v) is 5.08. The van der Waals surface area contributed by atoms with Gasteiger partial charge in [-0.25, -0.2) is 4.79 Å². The van der Waals surface area contributed by atoms with Crippen molar-refractivity contribution >= 4 is 6.03 Å². The van der Waals surface area contributed by atoms with Gasteiger partial charge in [0, 0.05) is 19.6 Å². The molecular weight excluding hydrogens is 252 g/mol. The van der Waals surface area contributed by atoms with Crippen molar-refractivity contribution in [1.29, 1.82) is 0 Å². The number of hydrogen-bond acceptors (Lipinski definition) is 2. The number of nitrogens with one attached hydrogen (secondary N) is 1.